The molecule has 0 atom stereocenters. The second-order valence-corrected chi connectivity index (χ2v) is 3.14. The van der Waals surface area contributed by atoms with Crippen LogP contribution in [0.25, 0.3) is 0 Å². The zero-order chi connectivity index (χ0) is 11.4. The van der Waals surface area contributed by atoms with E-state index in [2.05, 4.69) is 4.98 Å². The van der Waals surface area contributed by atoms with Crippen LogP contribution in [0.3, 0.4) is 0 Å². The number of amides is 2. The van der Waals surface area contributed by atoms with Crippen molar-refractivity contribution < 1.29 is 9.59 Å². The van der Waals surface area contributed by atoms with Crippen molar-refractivity contribution in [1.29, 1.82) is 0 Å². The van der Waals surface area contributed by atoms with Gasteiger partial charge in [-0.2, -0.15) is 0 Å². The Morgan fingerprint density at radius 2 is 2.00 bits per heavy atom. The molecular formula is C10H15N3O2. The lowest BCUT2D eigenvalue weighted by molar-refractivity contribution is 0.0773. The molecule has 0 unspecified atom stereocenters. The van der Waals surface area contributed by atoms with Crippen LogP contribution in [0.2, 0.25) is 0 Å². The monoisotopic (exact) mass is 209 g/mol. The van der Waals surface area contributed by atoms with E-state index in [4.69, 9.17) is 5.73 Å². The summed E-state index contributed by atoms with van der Waals surface area (Å²) in [6.45, 7) is 5.10. The van der Waals surface area contributed by atoms with Crippen molar-refractivity contribution in [2.75, 3.05) is 13.1 Å². The highest BCUT2D eigenvalue weighted by atomic mass is 16.2. The molecule has 2 amide bonds. The smallest absolute Gasteiger partial charge is 0.265 e. The minimum absolute atomic E-state index is 0.0937. The molecule has 1 aromatic rings. The Morgan fingerprint density at radius 3 is 2.40 bits per heavy atom. The predicted molar refractivity (Wildman–Crippen MR) is 56.6 cm³/mol. The second-order valence-electron chi connectivity index (χ2n) is 3.14. The molecule has 1 aromatic heterocycles. The van der Waals surface area contributed by atoms with Gasteiger partial charge in [0.1, 0.15) is 5.69 Å². The maximum atomic E-state index is 11.8. The number of nitrogens with one attached hydrogen (secondary N) is 1. The minimum Gasteiger partial charge on any atom is -0.364 e. The van der Waals surface area contributed by atoms with E-state index in [1.54, 1.807) is 4.90 Å². The molecule has 5 nitrogen and oxygen atoms in total. The number of aromatic amines is 1. The summed E-state index contributed by atoms with van der Waals surface area (Å²) in [6, 6.07) is 1.48. The molecule has 1 heterocycles. The average Bonchev–Trinajstić information content (AvgIpc) is 2.68. The van der Waals surface area contributed by atoms with Crippen molar-refractivity contribution in [3.8, 4) is 0 Å². The minimum atomic E-state index is -0.561. The molecule has 0 saturated heterocycles. The number of carbonyl (C=O) groups excluding carboxylic acids is 2. The Labute approximate surface area is 88.3 Å². The fourth-order valence-corrected chi connectivity index (χ4v) is 1.35. The van der Waals surface area contributed by atoms with Gasteiger partial charge in [-0.25, -0.2) is 0 Å². The van der Waals surface area contributed by atoms with E-state index in [9.17, 15) is 9.59 Å². The number of hydrogen-bond acceptors (Lipinski definition) is 2. The van der Waals surface area contributed by atoms with Crippen LogP contribution in [0.15, 0.2) is 12.3 Å². The molecule has 0 aromatic carbocycles. The lowest BCUT2D eigenvalue weighted by Crippen LogP contribution is -2.30. The van der Waals surface area contributed by atoms with Crippen molar-refractivity contribution >= 4 is 11.8 Å². The first-order chi connectivity index (χ1) is 7.10. The molecule has 0 spiro atoms. The standard InChI is InChI=1S/C10H15N3O2/c1-3-13(4-2)10(15)7-5-8(9(11)14)12-6-7/h5-6,12H,3-4H2,1-2H3,(H2,11,14). The van der Waals surface area contributed by atoms with Gasteiger partial charge in [0, 0.05) is 19.3 Å². The molecule has 15 heavy (non-hydrogen) atoms. The topological polar surface area (TPSA) is 79.2 Å². The highest BCUT2D eigenvalue weighted by molar-refractivity contribution is 5.98. The first kappa shape index (κ1) is 11.3. The summed E-state index contributed by atoms with van der Waals surface area (Å²) in [4.78, 5) is 27.0. The first-order valence-electron chi connectivity index (χ1n) is 4.87. The molecule has 0 aliphatic carbocycles. The Balaban J connectivity index is 2.86. The van der Waals surface area contributed by atoms with E-state index in [1.807, 2.05) is 13.8 Å². The van der Waals surface area contributed by atoms with Crippen LogP contribution in [0.4, 0.5) is 0 Å². The molecule has 82 valence electrons. The molecule has 0 fully saturated rings. The first-order valence-corrected chi connectivity index (χ1v) is 4.87. The molecule has 0 aliphatic heterocycles. The van der Waals surface area contributed by atoms with E-state index < -0.39 is 5.91 Å². The maximum Gasteiger partial charge on any atom is 0.265 e. The molecule has 5 heteroatoms. The fourth-order valence-electron chi connectivity index (χ4n) is 1.35. The summed E-state index contributed by atoms with van der Waals surface area (Å²) in [5.41, 5.74) is 5.79. The van der Waals surface area contributed by atoms with Crippen LogP contribution >= 0.6 is 0 Å². The van der Waals surface area contributed by atoms with Crippen LogP contribution in [0, 0.1) is 0 Å². The van der Waals surface area contributed by atoms with Gasteiger partial charge in [-0.15, -0.1) is 0 Å². The van der Waals surface area contributed by atoms with Gasteiger partial charge in [0.05, 0.1) is 5.56 Å². The summed E-state index contributed by atoms with van der Waals surface area (Å²) in [5.74, 6) is -0.655. The van der Waals surface area contributed by atoms with Gasteiger partial charge in [0.25, 0.3) is 11.8 Å². The van der Waals surface area contributed by atoms with Crippen molar-refractivity contribution in [3.05, 3.63) is 23.5 Å². The SMILES string of the molecule is CCN(CC)C(=O)c1c[nH]c(C(N)=O)c1. The highest BCUT2D eigenvalue weighted by Crippen LogP contribution is 2.06. The predicted octanol–water partition coefficient (Wildman–Crippen LogP) is 0.596. The third-order valence-corrected chi connectivity index (χ3v) is 2.25. The zero-order valence-electron chi connectivity index (χ0n) is 8.91. The average molecular weight is 209 g/mol. The second kappa shape index (κ2) is 4.63. The van der Waals surface area contributed by atoms with E-state index >= 15 is 0 Å². The third kappa shape index (κ3) is 2.37. The Bertz CT molecular complexity index is 366. The van der Waals surface area contributed by atoms with Gasteiger partial charge >= 0.3 is 0 Å². The number of primary amides is 1. The van der Waals surface area contributed by atoms with Gasteiger partial charge < -0.3 is 15.6 Å². The number of nitrogens with zero attached hydrogens (tertiary/aromatic N) is 1. The van der Waals surface area contributed by atoms with Gasteiger partial charge in [0.2, 0.25) is 0 Å². The summed E-state index contributed by atoms with van der Waals surface area (Å²) in [7, 11) is 0. The molecule has 3 N–H and O–H groups in total. The van der Waals surface area contributed by atoms with E-state index in [0.29, 0.717) is 18.7 Å². The summed E-state index contributed by atoms with van der Waals surface area (Å²) in [5, 5.41) is 0. The molecule has 0 aliphatic rings. The Hall–Kier alpha value is -1.78. The lowest BCUT2D eigenvalue weighted by atomic mass is 10.2. The number of hydrogen-bond donors (Lipinski definition) is 2. The van der Waals surface area contributed by atoms with Crippen molar-refractivity contribution in [3.63, 3.8) is 0 Å². The largest absolute Gasteiger partial charge is 0.364 e. The van der Waals surface area contributed by atoms with Gasteiger partial charge in [-0.1, -0.05) is 0 Å². The van der Waals surface area contributed by atoms with E-state index in [-0.39, 0.29) is 11.6 Å². The molecule has 0 bridgehead atoms. The van der Waals surface area contributed by atoms with Crippen molar-refractivity contribution in [2.45, 2.75) is 13.8 Å². The number of nitrogens with two attached hydrogens (primary N) is 1. The maximum absolute atomic E-state index is 11.8. The summed E-state index contributed by atoms with van der Waals surface area (Å²) >= 11 is 0. The van der Waals surface area contributed by atoms with Gasteiger partial charge in [-0.3, -0.25) is 9.59 Å². The van der Waals surface area contributed by atoms with Crippen molar-refractivity contribution in [1.82, 2.24) is 9.88 Å². The van der Waals surface area contributed by atoms with Gasteiger partial charge in [0.15, 0.2) is 0 Å². The molecule has 1 rings (SSSR count). The number of aromatic nitrogens is 1. The summed E-state index contributed by atoms with van der Waals surface area (Å²) < 4.78 is 0. The van der Waals surface area contributed by atoms with Crippen LogP contribution in [-0.2, 0) is 0 Å². The van der Waals surface area contributed by atoms with Gasteiger partial charge in [-0.05, 0) is 19.9 Å². The van der Waals surface area contributed by atoms with Crippen molar-refractivity contribution in [2.24, 2.45) is 5.73 Å². The number of H-pyrrole nitrogens is 1. The fraction of sp³-hybridized carbons (Fsp3) is 0.400. The van der Waals surface area contributed by atoms with Crippen LogP contribution in [0.1, 0.15) is 34.7 Å². The van der Waals surface area contributed by atoms with E-state index in [1.165, 1.54) is 12.3 Å². The van der Waals surface area contributed by atoms with Crippen LogP contribution in [0.5, 0.6) is 0 Å². The Morgan fingerprint density at radius 1 is 1.40 bits per heavy atom. The Kier molecular flexibility index (Phi) is 3.49. The third-order valence-electron chi connectivity index (χ3n) is 2.25. The van der Waals surface area contributed by atoms with E-state index in [0.717, 1.165) is 0 Å². The number of carbonyl (C=O) groups is 2. The normalized spacial score (nSPS) is 10.0. The van der Waals surface area contributed by atoms with Crippen LogP contribution < -0.4 is 5.73 Å². The quantitative estimate of drug-likeness (QED) is 0.761. The summed E-state index contributed by atoms with van der Waals surface area (Å²) in [6.07, 6.45) is 1.50. The lowest BCUT2D eigenvalue weighted by Gasteiger charge is -2.17. The zero-order valence-corrected chi connectivity index (χ0v) is 8.91. The molecule has 0 saturated carbocycles. The highest BCUT2D eigenvalue weighted by Gasteiger charge is 2.15. The van der Waals surface area contributed by atoms with Crippen LogP contribution in [-0.4, -0.2) is 34.8 Å². The molecule has 0 radical (unpaired) electrons. The number of rotatable bonds is 4. The molecular weight excluding hydrogens is 194 g/mol.